The van der Waals surface area contributed by atoms with E-state index in [1.165, 1.54) is 0 Å². The van der Waals surface area contributed by atoms with Crippen molar-refractivity contribution in [3.05, 3.63) is 243 Å². The molecule has 12 aromatic rings. The first-order valence-electron chi connectivity index (χ1n) is 24.1. The monoisotopic (exact) mass is 935 g/mol. The molecule has 7 aromatic heterocycles. The van der Waals surface area contributed by atoms with Crippen LogP contribution in [0.1, 0.15) is 33.4 Å². The summed E-state index contributed by atoms with van der Waals surface area (Å²) in [5.41, 5.74) is 17.5. The molecule has 0 spiro atoms. The molecule has 5 aromatic carbocycles. The molecule has 72 heavy (non-hydrogen) atoms. The van der Waals surface area contributed by atoms with Crippen LogP contribution in [0.3, 0.4) is 0 Å². The first kappa shape index (κ1) is 44.0. The molecule has 0 aliphatic carbocycles. The van der Waals surface area contributed by atoms with Gasteiger partial charge in [-0.1, -0.05) is 127 Å². The highest BCUT2D eigenvalue weighted by Crippen LogP contribution is 2.41. The first-order valence-corrected chi connectivity index (χ1v) is 24.1. The van der Waals surface area contributed by atoms with Gasteiger partial charge >= 0.3 is 11.3 Å². The standard InChI is InChI=1S/C63H45N5O4/c1-38-25-52-58-54(62(69)71-60(52)67-33-38)30-42(35-65-58)19-17-40-27-41(18-20-43-31-55-59(66-36-43)53-26-39(2)34-68-61(53)72-63(55)70)29-48(28-40)49-15-9-10-16-50(49)56-37-64-57(47-13-7-4-8-14-47)32-51(56)46-23-21-45(22-24-46)44-11-5-3-6-12-44/h3-16,21-37H,17-20H2,1-2H3. The maximum absolute atomic E-state index is 13.2. The molecule has 0 unspecified atom stereocenters. The molecule has 0 saturated carbocycles. The van der Waals surface area contributed by atoms with Crippen LogP contribution in [0.25, 0.3) is 99.8 Å². The third-order valence-electron chi connectivity index (χ3n) is 13.5. The summed E-state index contributed by atoms with van der Waals surface area (Å²) in [7, 11) is 0. The second kappa shape index (κ2) is 18.6. The fourth-order valence-electron chi connectivity index (χ4n) is 9.83. The van der Waals surface area contributed by atoms with Gasteiger partial charge in [-0.25, -0.2) is 19.6 Å². The van der Waals surface area contributed by atoms with Crippen molar-refractivity contribution >= 4 is 44.0 Å². The Morgan fingerprint density at radius 2 is 0.833 bits per heavy atom. The molecule has 0 aliphatic heterocycles. The van der Waals surface area contributed by atoms with E-state index >= 15 is 0 Å². The van der Waals surface area contributed by atoms with Gasteiger partial charge in [-0.15, -0.1) is 0 Å². The molecule has 0 radical (unpaired) electrons. The second-order valence-electron chi connectivity index (χ2n) is 18.5. The van der Waals surface area contributed by atoms with Gasteiger partial charge in [-0.2, -0.15) is 0 Å². The van der Waals surface area contributed by atoms with E-state index in [0.29, 0.717) is 58.3 Å². The van der Waals surface area contributed by atoms with Crippen LogP contribution in [-0.4, -0.2) is 24.9 Å². The Morgan fingerprint density at radius 1 is 0.347 bits per heavy atom. The molecule has 0 N–H and O–H groups in total. The summed E-state index contributed by atoms with van der Waals surface area (Å²) in [6.45, 7) is 3.91. The lowest BCUT2D eigenvalue weighted by Crippen LogP contribution is -2.04. The smallest absolute Gasteiger partial charge is 0.347 e. The quantitative estimate of drug-likeness (QED) is 0.117. The highest BCUT2D eigenvalue weighted by Gasteiger charge is 2.18. The Bertz CT molecular complexity index is 4010. The molecule has 9 heteroatoms. The average molecular weight is 936 g/mol. The predicted octanol–water partition coefficient (Wildman–Crippen LogP) is 13.7. The van der Waals surface area contributed by atoms with Crippen LogP contribution in [0.15, 0.2) is 207 Å². The summed E-state index contributed by atoms with van der Waals surface area (Å²) < 4.78 is 11.3. The van der Waals surface area contributed by atoms with Gasteiger partial charge in [-0.3, -0.25) is 15.0 Å². The molecule has 0 aliphatic rings. The lowest BCUT2D eigenvalue weighted by molar-refractivity contribution is 0.557. The summed E-state index contributed by atoms with van der Waals surface area (Å²) in [5.74, 6) is 0. The summed E-state index contributed by atoms with van der Waals surface area (Å²) >= 11 is 0. The van der Waals surface area contributed by atoms with E-state index in [-0.39, 0.29) is 11.4 Å². The van der Waals surface area contributed by atoms with Crippen LogP contribution in [0.4, 0.5) is 0 Å². The highest BCUT2D eigenvalue weighted by atomic mass is 16.4. The number of aryl methyl sites for hydroxylation is 6. The van der Waals surface area contributed by atoms with E-state index in [2.05, 4.69) is 119 Å². The van der Waals surface area contributed by atoms with E-state index in [4.69, 9.17) is 23.8 Å². The van der Waals surface area contributed by atoms with Crippen LogP contribution in [-0.2, 0) is 25.7 Å². The molecular weight excluding hydrogens is 891 g/mol. The van der Waals surface area contributed by atoms with Crippen molar-refractivity contribution in [1.29, 1.82) is 0 Å². The fraction of sp³-hybridized carbons (Fsp3) is 0.0952. The molecule has 9 nitrogen and oxygen atoms in total. The molecule has 12 rings (SSSR count). The Morgan fingerprint density at radius 3 is 1.40 bits per heavy atom. The minimum absolute atomic E-state index is 0.280. The summed E-state index contributed by atoms with van der Waals surface area (Å²) in [5, 5.41) is 2.30. The Hall–Kier alpha value is -9.21. The largest absolute Gasteiger partial charge is 0.403 e. The maximum atomic E-state index is 13.2. The second-order valence-corrected chi connectivity index (χ2v) is 18.5. The van der Waals surface area contributed by atoms with Gasteiger partial charge in [0.05, 0.1) is 38.3 Å². The van der Waals surface area contributed by atoms with Crippen molar-refractivity contribution in [3.8, 4) is 55.8 Å². The number of hydrogen-bond acceptors (Lipinski definition) is 9. The van der Waals surface area contributed by atoms with Gasteiger partial charge in [0.25, 0.3) is 0 Å². The van der Waals surface area contributed by atoms with E-state index < -0.39 is 11.3 Å². The van der Waals surface area contributed by atoms with E-state index in [1.807, 2.05) is 81.0 Å². The summed E-state index contributed by atoms with van der Waals surface area (Å²) in [6, 6.07) is 54.8. The normalized spacial score (nSPS) is 11.5. The van der Waals surface area contributed by atoms with Crippen LogP contribution in [0.2, 0.25) is 0 Å². The average Bonchev–Trinajstić information content (AvgIpc) is 3.43. The zero-order chi connectivity index (χ0) is 48.7. The molecule has 0 fully saturated rings. The van der Waals surface area contributed by atoms with Crippen LogP contribution >= 0.6 is 0 Å². The van der Waals surface area contributed by atoms with Crippen molar-refractivity contribution in [3.63, 3.8) is 0 Å². The van der Waals surface area contributed by atoms with Gasteiger partial charge in [-0.05, 0) is 142 Å². The SMILES string of the molecule is Cc1cnc2oc(=O)c3cc(CCc4cc(CCc5cnc6c(c5)c(=O)oc5ncc(C)cc56)cc(-c5ccccc5-c5cnc(-c6ccccc6)cc5-c5ccc(-c6ccccc6)cc5)c4)cnc3c2c1. The molecule has 0 amide bonds. The van der Waals surface area contributed by atoms with Gasteiger partial charge in [0.1, 0.15) is 0 Å². The lowest BCUT2D eigenvalue weighted by Gasteiger charge is -2.18. The number of fused-ring (bicyclic) bond motifs is 6. The number of hydrogen-bond donors (Lipinski definition) is 0. The number of rotatable bonds is 11. The van der Waals surface area contributed by atoms with E-state index in [0.717, 1.165) is 89.1 Å². The molecule has 0 bridgehead atoms. The predicted molar refractivity (Wildman–Crippen MR) is 287 cm³/mol. The lowest BCUT2D eigenvalue weighted by atomic mass is 9.87. The Kier molecular flexibility index (Phi) is 11.4. The van der Waals surface area contributed by atoms with Gasteiger partial charge in [0, 0.05) is 42.1 Å². The first-order chi connectivity index (χ1) is 35.3. The van der Waals surface area contributed by atoms with Crippen LogP contribution < -0.4 is 11.3 Å². The van der Waals surface area contributed by atoms with E-state index in [1.54, 1.807) is 12.4 Å². The Labute approximate surface area is 414 Å². The third-order valence-corrected chi connectivity index (χ3v) is 13.5. The molecule has 346 valence electrons. The van der Waals surface area contributed by atoms with Crippen molar-refractivity contribution in [2.45, 2.75) is 39.5 Å². The minimum Gasteiger partial charge on any atom is -0.403 e. The molecule has 0 saturated heterocycles. The molecule has 0 atom stereocenters. The Balaban J connectivity index is 0.942. The summed E-state index contributed by atoms with van der Waals surface area (Å²) in [6.07, 6.45) is 11.7. The van der Waals surface area contributed by atoms with Crippen molar-refractivity contribution in [1.82, 2.24) is 24.9 Å². The number of pyridine rings is 5. The van der Waals surface area contributed by atoms with Crippen molar-refractivity contribution in [2.24, 2.45) is 0 Å². The maximum Gasteiger partial charge on any atom is 0.347 e. The highest BCUT2D eigenvalue weighted by molar-refractivity contribution is 6.01. The number of benzene rings is 5. The fourth-order valence-corrected chi connectivity index (χ4v) is 9.83. The van der Waals surface area contributed by atoms with Crippen LogP contribution in [0, 0.1) is 13.8 Å². The topological polar surface area (TPSA) is 125 Å². The minimum atomic E-state index is -0.456. The van der Waals surface area contributed by atoms with E-state index in [9.17, 15) is 9.59 Å². The van der Waals surface area contributed by atoms with Gasteiger partial charge in [0.15, 0.2) is 0 Å². The number of nitrogens with zero attached hydrogens (tertiary/aromatic N) is 5. The molecular formula is C63H45N5O4. The zero-order valence-corrected chi connectivity index (χ0v) is 39.6. The molecule has 7 heterocycles. The van der Waals surface area contributed by atoms with Gasteiger partial charge < -0.3 is 8.83 Å². The zero-order valence-electron chi connectivity index (χ0n) is 39.6. The van der Waals surface area contributed by atoms with Crippen molar-refractivity contribution in [2.75, 3.05) is 0 Å². The third kappa shape index (κ3) is 8.62. The van der Waals surface area contributed by atoms with Gasteiger partial charge in [0.2, 0.25) is 11.4 Å². The summed E-state index contributed by atoms with van der Waals surface area (Å²) in [4.78, 5) is 49.9. The number of aromatic nitrogens is 5. The van der Waals surface area contributed by atoms with Crippen molar-refractivity contribution < 1.29 is 8.83 Å². The van der Waals surface area contributed by atoms with Crippen LogP contribution in [0.5, 0.6) is 0 Å².